The van der Waals surface area contributed by atoms with Crippen LogP contribution in [0.4, 0.5) is 0 Å². The molecule has 0 aromatic heterocycles. The topological polar surface area (TPSA) is 77.4 Å². The Balaban J connectivity index is 1.58. The van der Waals surface area contributed by atoms with E-state index in [-0.39, 0.29) is 25.7 Å². The lowest BCUT2D eigenvalue weighted by atomic mass is 9.92. The predicted molar refractivity (Wildman–Crippen MR) is 268 cm³/mol. The maximum absolute atomic E-state index is 10.9. The first-order chi connectivity index (χ1) is 30.4. The first-order valence-electron chi connectivity index (χ1n) is 25.8. The second-order valence-corrected chi connectivity index (χ2v) is 19.6. The van der Waals surface area contributed by atoms with E-state index in [1.807, 2.05) is 45.9 Å². The standard InChI is InChI=1S/C57H96O6/c1-8-10-12-14-16-18-20-22-24-26-28-30-32-36-50-38-34-40-54(42-50)60-46-52(58)44-56(4,5)62-45-49(3)57(6,7)63-48-53(59)47-61-55-41-35-39-51(43-55)37-33-31-29-27-25-23-21-19-17-15-13-11-9-2/h14-17,34-35,38-43,49,52-53,58-59H,8-13,18-33,36-37,44-48H2,1-7H3/b16-14+,17-15+. The van der Waals surface area contributed by atoms with Crippen molar-refractivity contribution in [2.24, 2.45) is 5.92 Å². The van der Waals surface area contributed by atoms with Crippen LogP contribution < -0.4 is 9.47 Å². The van der Waals surface area contributed by atoms with Crippen LogP contribution in [-0.2, 0) is 22.3 Å². The van der Waals surface area contributed by atoms with Crippen molar-refractivity contribution in [3.63, 3.8) is 0 Å². The highest BCUT2D eigenvalue weighted by molar-refractivity contribution is 5.29. The van der Waals surface area contributed by atoms with Gasteiger partial charge in [0.1, 0.15) is 30.8 Å². The Bertz CT molecular complexity index is 1430. The zero-order chi connectivity index (χ0) is 45.9. The first-order valence-corrected chi connectivity index (χ1v) is 25.8. The monoisotopic (exact) mass is 877 g/mol. The summed E-state index contributed by atoms with van der Waals surface area (Å²) in [5.74, 6) is 1.65. The van der Waals surface area contributed by atoms with E-state index in [4.69, 9.17) is 18.9 Å². The summed E-state index contributed by atoms with van der Waals surface area (Å²) < 4.78 is 24.6. The van der Waals surface area contributed by atoms with E-state index in [1.165, 1.54) is 152 Å². The van der Waals surface area contributed by atoms with Gasteiger partial charge in [-0.3, -0.25) is 0 Å². The zero-order valence-corrected chi connectivity index (χ0v) is 41.7. The van der Waals surface area contributed by atoms with E-state index in [0.717, 1.165) is 24.3 Å². The Morgan fingerprint density at radius 3 is 1.37 bits per heavy atom. The third-order valence-corrected chi connectivity index (χ3v) is 12.4. The summed E-state index contributed by atoms with van der Waals surface area (Å²) in [6.45, 7) is 15.7. The van der Waals surface area contributed by atoms with Crippen molar-refractivity contribution >= 4 is 0 Å². The second-order valence-electron chi connectivity index (χ2n) is 19.6. The van der Waals surface area contributed by atoms with Crippen molar-refractivity contribution in [3.05, 3.63) is 84.0 Å². The van der Waals surface area contributed by atoms with Gasteiger partial charge in [-0.25, -0.2) is 0 Å². The van der Waals surface area contributed by atoms with Gasteiger partial charge in [0.2, 0.25) is 0 Å². The quantitative estimate of drug-likeness (QED) is 0.0512. The molecular formula is C57H96O6. The fourth-order valence-electron chi connectivity index (χ4n) is 7.77. The van der Waals surface area contributed by atoms with Crippen LogP contribution >= 0.6 is 0 Å². The number of hydrogen-bond acceptors (Lipinski definition) is 6. The fraction of sp³-hybridized carbons (Fsp3) is 0.719. The Hall–Kier alpha value is -2.64. The van der Waals surface area contributed by atoms with Crippen LogP contribution in [0.25, 0.3) is 0 Å². The maximum Gasteiger partial charge on any atom is 0.119 e. The molecular weight excluding hydrogens is 781 g/mol. The van der Waals surface area contributed by atoms with Gasteiger partial charge >= 0.3 is 0 Å². The average molecular weight is 877 g/mol. The summed E-state index contributed by atoms with van der Waals surface area (Å²) in [5, 5.41) is 21.7. The molecule has 0 aliphatic carbocycles. The summed E-state index contributed by atoms with van der Waals surface area (Å²) in [6.07, 6.45) is 38.9. The largest absolute Gasteiger partial charge is 0.491 e. The number of aryl methyl sites for hydroxylation is 2. The average Bonchev–Trinajstić information content (AvgIpc) is 3.26. The Morgan fingerprint density at radius 2 is 0.905 bits per heavy atom. The lowest BCUT2D eigenvalue weighted by Crippen LogP contribution is -2.41. The highest BCUT2D eigenvalue weighted by atomic mass is 16.5. The molecule has 3 unspecified atom stereocenters. The van der Waals surface area contributed by atoms with E-state index in [0.29, 0.717) is 13.0 Å². The summed E-state index contributed by atoms with van der Waals surface area (Å²) in [4.78, 5) is 0. The van der Waals surface area contributed by atoms with Gasteiger partial charge in [-0.15, -0.1) is 0 Å². The molecule has 63 heavy (non-hydrogen) atoms. The minimum Gasteiger partial charge on any atom is -0.491 e. The van der Waals surface area contributed by atoms with Crippen molar-refractivity contribution in [2.75, 3.05) is 26.4 Å². The Labute approximate surface area is 388 Å². The summed E-state index contributed by atoms with van der Waals surface area (Å²) in [5.41, 5.74) is 1.50. The normalized spacial score (nSPS) is 13.9. The second kappa shape index (κ2) is 35.6. The Morgan fingerprint density at radius 1 is 0.492 bits per heavy atom. The third-order valence-electron chi connectivity index (χ3n) is 12.4. The van der Waals surface area contributed by atoms with Gasteiger partial charge < -0.3 is 29.2 Å². The molecule has 3 atom stereocenters. The highest BCUT2D eigenvalue weighted by Crippen LogP contribution is 2.27. The number of unbranched alkanes of at least 4 members (excludes halogenated alkanes) is 18. The minimum absolute atomic E-state index is 0.0489. The Kier molecular flexibility index (Phi) is 31.9. The van der Waals surface area contributed by atoms with Crippen LogP contribution in [0.5, 0.6) is 11.5 Å². The van der Waals surface area contributed by atoms with Crippen molar-refractivity contribution in [3.8, 4) is 11.5 Å². The van der Waals surface area contributed by atoms with Crippen LogP contribution in [0, 0.1) is 5.92 Å². The van der Waals surface area contributed by atoms with Crippen LogP contribution in [0.1, 0.15) is 207 Å². The maximum atomic E-state index is 10.9. The van der Waals surface area contributed by atoms with Crippen LogP contribution in [0.2, 0.25) is 0 Å². The van der Waals surface area contributed by atoms with Gasteiger partial charge in [-0.1, -0.05) is 159 Å². The van der Waals surface area contributed by atoms with Crippen LogP contribution in [0.15, 0.2) is 72.8 Å². The zero-order valence-electron chi connectivity index (χ0n) is 41.7. The molecule has 0 heterocycles. The molecule has 2 aromatic rings. The summed E-state index contributed by atoms with van der Waals surface area (Å²) in [7, 11) is 0. The molecule has 0 amide bonds. The molecule has 2 N–H and O–H groups in total. The molecule has 0 fully saturated rings. The SMILES string of the molecule is CCCC/C=C/CCCCCCCCCc1cccc(OCC(O)COC(C)(C)C(C)COC(C)(C)CC(O)COc2cccc(CCCCCCCCC/C=C/CCCC)c2)c1. The number of aliphatic hydroxyl groups excluding tert-OH is 2. The summed E-state index contributed by atoms with van der Waals surface area (Å²) in [6, 6.07) is 16.6. The fourth-order valence-corrected chi connectivity index (χ4v) is 7.77. The number of aliphatic hydroxyl groups is 2. The van der Waals surface area contributed by atoms with Gasteiger partial charge in [0.25, 0.3) is 0 Å². The van der Waals surface area contributed by atoms with E-state index >= 15 is 0 Å². The van der Waals surface area contributed by atoms with Gasteiger partial charge in [0, 0.05) is 12.3 Å². The number of hydrogen-bond donors (Lipinski definition) is 2. The van der Waals surface area contributed by atoms with E-state index in [9.17, 15) is 10.2 Å². The number of rotatable bonds is 41. The first kappa shape index (κ1) is 56.5. The number of benzene rings is 2. The van der Waals surface area contributed by atoms with Gasteiger partial charge in [-0.2, -0.15) is 0 Å². The summed E-state index contributed by atoms with van der Waals surface area (Å²) >= 11 is 0. The molecule has 6 heteroatoms. The molecule has 0 saturated heterocycles. The highest BCUT2D eigenvalue weighted by Gasteiger charge is 2.31. The third kappa shape index (κ3) is 30.2. The molecule has 0 radical (unpaired) electrons. The van der Waals surface area contributed by atoms with Crippen molar-refractivity contribution in [2.45, 2.75) is 232 Å². The molecule has 360 valence electrons. The van der Waals surface area contributed by atoms with E-state index < -0.39 is 23.4 Å². The van der Waals surface area contributed by atoms with E-state index in [1.54, 1.807) is 0 Å². The smallest absolute Gasteiger partial charge is 0.119 e. The molecule has 0 saturated carbocycles. The van der Waals surface area contributed by atoms with Gasteiger partial charge in [-0.05, 0) is 127 Å². The lowest BCUT2D eigenvalue weighted by Gasteiger charge is -2.36. The van der Waals surface area contributed by atoms with E-state index in [2.05, 4.69) is 75.4 Å². The van der Waals surface area contributed by atoms with Gasteiger partial charge in [0.05, 0.1) is 30.5 Å². The minimum atomic E-state index is -0.747. The number of ether oxygens (including phenoxy) is 4. The molecule has 0 spiro atoms. The molecule has 0 aliphatic rings. The predicted octanol–water partition coefficient (Wildman–Crippen LogP) is 15.3. The van der Waals surface area contributed by atoms with Gasteiger partial charge in [0.15, 0.2) is 0 Å². The van der Waals surface area contributed by atoms with Crippen LogP contribution in [-0.4, -0.2) is 60.1 Å². The van der Waals surface area contributed by atoms with Crippen molar-refractivity contribution in [1.29, 1.82) is 0 Å². The molecule has 0 bridgehead atoms. The molecule has 0 aliphatic heterocycles. The lowest BCUT2D eigenvalue weighted by molar-refractivity contribution is -0.130. The van der Waals surface area contributed by atoms with Crippen molar-refractivity contribution < 1.29 is 29.2 Å². The molecule has 6 nitrogen and oxygen atoms in total. The van der Waals surface area contributed by atoms with Crippen molar-refractivity contribution in [1.82, 2.24) is 0 Å². The van der Waals surface area contributed by atoms with Crippen LogP contribution in [0.3, 0.4) is 0 Å². The molecule has 2 rings (SSSR count). The number of allylic oxidation sites excluding steroid dienone is 4. The molecule has 2 aromatic carbocycles.